The quantitative estimate of drug-likeness (QED) is 0.924. The summed E-state index contributed by atoms with van der Waals surface area (Å²) in [5.74, 6) is 0. The van der Waals surface area contributed by atoms with E-state index in [1.165, 1.54) is 25.7 Å². The molecule has 0 aromatic carbocycles. The highest BCUT2D eigenvalue weighted by Crippen LogP contribution is 2.28. The molecule has 0 unspecified atom stereocenters. The first-order chi connectivity index (χ1) is 9.52. The van der Waals surface area contributed by atoms with Crippen molar-refractivity contribution in [3.05, 3.63) is 29.8 Å². The second-order valence-electron chi connectivity index (χ2n) is 6.09. The maximum absolute atomic E-state index is 9.88. The van der Waals surface area contributed by atoms with E-state index in [0.29, 0.717) is 18.3 Å². The van der Waals surface area contributed by atoms with Gasteiger partial charge in [0.2, 0.25) is 0 Å². The van der Waals surface area contributed by atoms with Crippen LogP contribution in [0.15, 0.2) is 18.5 Å². The number of nitrogens with zero attached hydrogens (tertiary/aromatic N) is 5. The molecule has 6 heteroatoms. The molecule has 0 aliphatic heterocycles. The molecule has 0 bridgehead atoms. The van der Waals surface area contributed by atoms with Crippen LogP contribution >= 0.6 is 0 Å². The summed E-state index contributed by atoms with van der Waals surface area (Å²) in [6.45, 7) is 4.00. The molecule has 1 aliphatic carbocycles. The summed E-state index contributed by atoms with van der Waals surface area (Å²) in [4.78, 5) is 0. The van der Waals surface area contributed by atoms with Crippen LogP contribution in [-0.4, -0.2) is 29.9 Å². The molecule has 3 rings (SSSR count). The molecular formula is C14H21N5O. The van der Waals surface area contributed by atoms with Crippen molar-refractivity contribution in [2.24, 2.45) is 0 Å². The Morgan fingerprint density at radius 3 is 2.75 bits per heavy atom. The number of hydrogen-bond donors (Lipinski definition) is 1. The van der Waals surface area contributed by atoms with Gasteiger partial charge in [0.25, 0.3) is 0 Å². The molecule has 108 valence electrons. The molecular weight excluding hydrogens is 254 g/mol. The van der Waals surface area contributed by atoms with Gasteiger partial charge in [-0.2, -0.15) is 5.10 Å². The predicted molar refractivity (Wildman–Crippen MR) is 74.1 cm³/mol. The fourth-order valence-electron chi connectivity index (χ4n) is 2.66. The smallest absolute Gasteiger partial charge is 0.114 e. The summed E-state index contributed by atoms with van der Waals surface area (Å²) >= 11 is 0. The minimum Gasteiger partial charge on any atom is -0.384 e. The summed E-state index contributed by atoms with van der Waals surface area (Å²) in [5.41, 5.74) is 0.596. The zero-order valence-electron chi connectivity index (χ0n) is 12.0. The molecule has 1 saturated carbocycles. The van der Waals surface area contributed by atoms with Crippen molar-refractivity contribution in [1.82, 2.24) is 24.8 Å². The van der Waals surface area contributed by atoms with E-state index in [2.05, 4.69) is 26.3 Å². The van der Waals surface area contributed by atoms with Gasteiger partial charge in [-0.15, -0.1) is 5.10 Å². The Morgan fingerprint density at radius 2 is 2.10 bits per heavy atom. The van der Waals surface area contributed by atoms with Crippen LogP contribution in [0.2, 0.25) is 0 Å². The first-order valence-corrected chi connectivity index (χ1v) is 7.19. The van der Waals surface area contributed by atoms with Crippen LogP contribution in [0.4, 0.5) is 0 Å². The highest BCUT2D eigenvalue weighted by atomic mass is 16.3. The fourth-order valence-corrected chi connectivity index (χ4v) is 2.66. The molecule has 0 atom stereocenters. The normalized spacial score (nSPS) is 16.9. The summed E-state index contributed by atoms with van der Waals surface area (Å²) < 4.78 is 3.80. The summed E-state index contributed by atoms with van der Waals surface area (Å²) in [6, 6.07) is 2.59. The first-order valence-electron chi connectivity index (χ1n) is 7.19. The maximum Gasteiger partial charge on any atom is 0.114 e. The molecule has 0 spiro atoms. The lowest BCUT2D eigenvalue weighted by Gasteiger charge is -2.11. The van der Waals surface area contributed by atoms with E-state index in [1.54, 1.807) is 24.7 Å². The second-order valence-corrected chi connectivity index (χ2v) is 6.09. The van der Waals surface area contributed by atoms with Gasteiger partial charge >= 0.3 is 0 Å². The van der Waals surface area contributed by atoms with Crippen molar-refractivity contribution in [1.29, 1.82) is 0 Å². The lowest BCUT2D eigenvalue weighted by molar-refractivity contribution is 0.0737. The topological polar surface area (TPSA) is 68.8 Å². The van der Waals surface area contributed by atoms with Crippen LogP contribution < -0.4 is 0 Å². The van der Waals surface area contributed by atoms with Crippen molar-refractivity contribution in [2.45, 2.75) is 57.7 Å². The van der Waals surface area contributed by atoms with Crippen molar-refractivity contribution in [3.63, 3.8) is 0 Å². The Hall–Kier alpha value is -1.69. The van der Waals surface area contributed by atoms with Crippen molar-refractivity contribution >= 4 is 0 Å². The SMILES string of the molecule is CC(C)(O)c1cn(Cc2ccn(C3CCCC3)n2)nn1. The minimum atomic E-state index is -0.957. The minimum absolute atomic E-state index is 0.562. The lowest BCUT2D eigenvalue weighted by atomic mass is 10.1. The zero-order valence-corrected chi connectivity index (χ0v) is 12.0. The molecule has 1 aliphatic rings. The molecule has 2 heterocycles. The highest BCUT2D eigenvalue weighted by molar-refractivity contribution is 5.05. The average molecular weight is 275 g/mol. The van der Waals surface area contributed by atoms with Gasteiger partial charge in [0, 0.05) is 6.20 Å². The van der Waals surface area contributed by atoms with E-state index in [0.717, 1.165) is 5.69 Å². The Morgan fingerprint density at radius 1 is 1.35 bits per heavy atom. The van der Waals surface area contributed by atoms with Crippen LogP contribution in [0.5, 0.6) is 0 Å². The molecule has 0 radical (unpaired) electrons. The van der Waals surface area contributed by atoms with E-state index in [9.17, 15) is 5.11 Å². The van der Waals surface area contributed by atoms with Gasteiger partial charge in [0.15, 0.2) is 0 Å². The van der Waals surface area contributed by atoms with Crippen LogP contribution in [0.1, 0.15) is 57.0 Å². The fraction of sp³-hybridized carbons (Fsp3) is 0.643. The molecule has 6 nitrogen and oxygen atoms in total. The Bertz CT molecular complexity index is 574. The Labute approximate surface area is 118 Å². The molecule has 1 fully saturated rings. The van der Waals surface area contributed by atoms with Gasteiger partial charge in [0.1, 0.15) is 11.3 Å². The first kappa shape index (κ1) is 13.3. The molecule has 0 saturated heterocycles. The molecule has 0 amide bonds. The summed E-state index contributed by atoms with van der Waals surface area (Å²) in [6.07, 6.45) is 8.89. The van der Waals surface area contributed by atoms with Gasteiger partial charge in [-0.1, -0.05) is 18.1 Å². The molecule has 1 N–H and O–H groups in total. The van der Waals surface area contributed by atoms with Crippen molar-refractivity contribution < 1.29 is 5.11 Å². The maximum atomic E-state index is 9.88. The van der Waals surface area contributed by atoms with Gasteiger partial charge in [0.05, 0.1) is 24.5 Å². The summed E-state index contributed by atoms with van der Waals surface area (Å²) in [7, 11) is 0. The van der Waals surface area contributed by atoms with E-state index < -0.39 is 5.60 Å². The van der Waals surface area contributed by atoms with Crippen LogP contribution in [0, 0.1) is 0 Å². The largest absolute Gasteiger partial charge is 0.384 e. The zero-order chi connectivity index (χ0) is 14.2. The van der Waals surface area contributed by atoms with E-state index in [4.69, 9.17) is 0 Å². The number of aromatic nitrogens is 5. The average Bonchev–Trinajstić information content (AvgIpc) is 3.08. The molecule has 20 heavy (non-hydrogen) atoms. The highest BCUT2D eigenvalue weighted by Gasteiger charge is 2.21. The van der Waals surface area contributed by atoms with Crippen LogP contribution in [0.25, 0.3) is 0 Å². The monoisotopic (exact) mass is 275 g/mol. The van der Waals surface area contributed by atoms with Gasteiger partial charge in [-0.05, 0) is 32.8 Å². The van der Waals surface area contributed by atoms with Crippen molar-refractivity contribution in [2.75, 3.05) is 0 Å². The Balaban J connectivity index is 1.70. The summed E-state index contributed by atoms with van der Waals surface area (Å²) in [5, 5.41) is 22.5. The van der Waals surface area contributed by atoms with Gasteiger partial charge < -0.3 is 5.11 Å². The third-order valence-corrected chi connectivity index (χ3v) is 3.85. The van der Waals surface area contributed by atoms with Crippen LogP contribution in [0.3, 0.4) is 0 Å². The Kier molecular flexibility index (Phi) is 3.33. The number of rotatable bonds is 4. The standard InChI is InChI=1S/C14H21N5O/c1-14(2,20)13-10-18(17-15-13)9-11-7-8-19(16-11)12-5-3-4-6-12/h7-8,10,12,20H,3-6,9H2,1-2H3. The molecule has 2 aromatic heterocycles. The second kappa shape index (κ2) is 5.01. The third kappa shape index (κ3) is 2.75. The number of hydrogen-bond acceptors (Lipinski definition) is 4. The molecule has 2 aromatic rings. The number of aliphatic hydroxyl groups is 1. The predicted octanol–water partition coefficient (Wildman–Crippen LogP) is 1.87. The van der Waals surface area contributed by atoms with Crippen LogP contribution in [-0.2, 0) is 12.1 Å². The van der Waals surface area contributed by atoms with Crippen molar-refractivity contribution in [3.8, 4) is 0 Å². The van der Waals surface area contributed by atoms with Gasteiger partial charge in [-0.25, -0.2) is 4.68 Å². The van der Waals surface area contributed by atoms with Gasteiger partial charge in [-0.3, -0.25) is 4.68 Å². The van der Waals surface area contributed by atoms with E-state index >= 15 is 0 Å². The third-order valence-electron chi connectivity index (χ3n) is 3.85. The van der Waals surface area contributed by atoms with E-state index in [-0.39, 0.29) is 0 Å². The van der Waals surface area contributed by atoms with E-state index in [1.807, 2.05) is 6.07 Å². The lowest BCUT2D eigenvalue weighted by Crippen LogP contribution is -2.15.